The van der Waals surface area contributed by atoms with E-state index < -0.39 is 0 Å². The van der Waals surface area contributed by atoms with Crippen molar-refractivity contribution in [3.05, 3.63) is 65.2 Å². The Morgan fingerprint density at radius 2 is 1.94 bits per heavy atom. The molecule has 2 rings (SSSR count). The maximum atomic E-state index is 13.4. The third-order valence-corrected chi connectivity index (χ3v) is 3.12. The van der Waals surface area contributed by atoms with Gasteiger partial charge in [0, 0.05) is 18.4 Å². The molecular formula is C15H17FN2. The molecule has 2 aromatic rings. The van der Waals surface area contributed by atoms with Crippen LogP contribution in [-0.4, -0.2) is 4.98 Å². The molecule has 1 atom stereocenters. The van der Waals surface area contributed by atoms with Gasteiger partial charge < -0.3 is 5.73 Å². The first-order valence-corrected chi connectivity index (χ1v) is 6.07. The van der Waals surface area contributed by atoms with E-state index in [1.807, 2.05) is 18.2 Å². The normalized spacial score (nSPS) is 12.4. The third-order valence-electron chi connectivity index (χ3n) is 3.12. The highest BCUT2D eigenvalue weighted by Gasteiger charge is 2.08. The number of halogens is 1. The van der Waals surface area contributed by atoms with Gasteiger partial charge in [-0.3, -0.25) is 4.98 Å². The molecule has 1 unspecified atom stereocenters. The monoisotopic (exact) mass is 244 g/mol. The van der Waals surface area contributed by atoms with E-state index in [2.05, 4.69) is 4.98 Å². The average Bonchev–Trinajstić information content (AvgIpc) is 2.40. The van der Waals surface area contributed by atoms with E-state index >= 15 is 0 Å². The van der Waals surface area contributed by atoms with Crippen LogP contribution >= 0.6 is 0 Å². The Balaban J connectivity index is 1.99. The molecule has 0 aliphatic heterocycles. The van der Waals surface area contributed by atoms with Crippen LogP contribution < -0.4 is 5.73 Å². The number of hydrogen-bond acceptors (Lipinski definition) is 2. The smallest absolute Gasteiger partial charge is 0.126 e. The number of nitrogens with zero attached hydrogens (tertiary/aromatic N) is 1. The number of hydrogen-bond donors (Lipinski definition) is 1. The Kier molecular flexibility index (Phi) is 4.05. The summed E-state index contributed by atoms with van der Waals surface area (Å²) in [5, 5.41) is 0. The summed E-state index contributed by atoms with van der Waals surface area (Å²) in [6, 6.07) is 9.03. The molecule has 2 nitrogen and oxygen atoms in total. The van der Waals surface area contributed by atoms with Gasteiger partial charge >= 0.3 is 0 Å². The highest BCUT2D eigenvalue weighted by molar-refractivity contribution is 5.25. The van der Waals surface area contributed by atoms with Gasteiger partial charge in [0.1, 0.15) is 5.82 Å². The molecule has 0 aliphatic rings. The molecule has 0 amide bonds. The minimum atomic E-state index is -0.188. The second-order valence-electron chi connectivity index (χ2n) is 4.51. The van der Waals surface area contributed by atoms with E-state index in [1.165, 1.54) is 11.6 Å². The Morgan fingerprint density at radius 3 is 2.61 bits per heavy atom. The van der Waals surface area contributed by atoms with Gasteiger partial charge in [0.15, 0.2) is 0 Å². The van der Waals surface area contributed by atoms with Crippen molar-refractivity contribution in [1.29, 1.82) is 0 Å². The predicted molar refractivity (Wildman–Crippen MR) is 70.6 cm³/mol. The second kappa shape index (κ2) is 5.74. The van der Waals surface area contributed by atoms with Crippen molar-refractivity contribution in [3.63, 3.8) is 0 Å². The van der Waals surface area contributed by atoms with Crippen LogP contribution in [0, 0.1) is 12.7 Å². The molecule has 1 aromatic heterocycles. The van der Waals surface area contributed by atoms with Crippen molar-refractivity contribution >= 4 is 0 Å². The summed E-state index contributed by atoms with van der Waals surface area (Å²) < 4.78 is 13.4. The van der Waals surface area contributed by atoms with Crippen LogP contribution in [0.4, 0.5) is 4.39 Å². The van der Waals surface area contributed by atoms with Crippen LogP contribution in [-0.2, 0) is 6.42 Å². The highest BCUT2D eigenvalue weighted by atomic mass is 19.1. The first-order chi connectivity index (χ1) is 8.66. The van der Waals surface area contributed by atoms with E-state index in [9.17, 15) is 4.39 Å². The van der Waals surface area contributed by atoms with Crippen LogP contribution in [0.1, 0.15) is 29.2 Å². The van der Waals surface area contributed by atoms with E-state index in [1.54, 1.807) is 25.4 Å². The number of aryl methyl sites for hydroxylation is 2. The molecule has 1 heterocycles. The summed E-state index contributed by atoms with van der Waals surface area (Å²) in [6.07, 6.45) is 5.21. The summed E-state index contributed by atoms with van der Waals surface area (Å²) in [6.45, 7) is 1.75. The van der Waals surface area contributed by atoms with E-state index in [-0.39, 0.29) is 11.9 Å². The molecule has 0 bridgehead atoms. The zero-order valence-corrected chi connectivity index (χ0v) is 10.4. The fraction of sp³-hybridized carbons (Fsp3) is 0.267. The molecule has 3 heteroatoms. The van der Waals surface area contributed by atoms with E-state index in [0.29, 0.717) is 5.56 Å². The maximum Gasteiger partial charge on any atom is 0.126 e. The van der Waals surface area contributed by atoms with Gasteiger partial charge in [-0.15, -0.1) is 0 Å². The molecule has 0 fully saturated rings. The number of pyridine rings is 1. The van der Waals surface area contributed by atoms with Gasteiger partial charge in [0.25, 0.3) is 0 Å². The molecule has 0 aliphatic carbocycles. The predicted octanol–water partition coefficient (Wildman–Crippen LogP) is 3.16. The topological polar surface area (TPSA) is 38.9 Å². The molecule has 94 valence electrons. The highest BCUT2D eigenvalue weighted by Crippen LogP contribution is 2.19. The lowest BCUT2D eigenvalue weighted by Crippen LogP contribution is -2.11. The van der Waals surface area contributed by atoms with Crippen molar-refractivity contribution in [1.82, 2.24) is 4.98 Å². The van der Waals surface area contributed by atoms with Crippen LogP contribution in [0.25, 0.3) is 0 Å². The lowest BCUT2D eigenvalue weighted by Gasteiger charge is -2.12. The second-order valence-corrected chi connectivity index (χ2v) is 4.51. The molecule has 0 spiro atoms. The van der Waals surface area contributed by atoms with Gasteiger partial charge in [-0.2, -0.15) is 0 Å². The van der Waals surface area contributed by atoms with Crippen molar-refractivity contribution in [2.24, 2.45) is 5.73 Å². The van der Waals surface area contributed by atoms with Gasteiger partial charge in [0.2, 0.25) is 0 Å². The summed E-state index contributed by atoms with van der Waals surface area (Å²) in [7, 11) is 0. The molecule has 0 saturated heterocycles. The zero-order valence-electron chi connectivity index (χ0n) is 10.4. The number of aromatic nitrogens is 1. The Hall–Kier alpha value is -1.74. The minimum absolute atomic E-state index is 0.131. The van der Waals surface area contributed by atoms with E-state index in [4.69, 9.17) is 5.73 Å². The molecule has 2 N–H and O–H groups in total. The molecule has 1 aromatic carbocycles. The van der Waals surface area contributed by atoms with Crippen molar-refractivity contribution in [2.45, 2.75) is 25.8 Å². The summed E-state index contributed by atoms with van der Waals surface area (Å²) in [4.78, 5) is 3.97. The fourth-order valence-electron chi connectivity index (χ4n) is 1.88. The summed E-state index contributed by atoms with van der Waals surface area (Å²) in [5.74, 6) is -0.188. The standard InChI is InChI=1S/C15H17FN2/c1-11-2-4-13(10-14(11)16)15(17)5-3-12-6-8-18-9-7-12/h2,4,6-10,15H,3,5,17H2,1H3. The minimum Gasteiger partial charge on any atom is -0.324 e. The SMILES string of the molecule is Cc1ccc(C(N)CCc2ccncc2)cc1F. The summed E-state index contributed by atoms with van der Waals surface area (Å²) >= 11 is 0. The Morgan fingerprint density at radius 1 is 1.22 bits per heavy atom. The largest absolute Gasteiger partial charge is 0.324 e. The van der Waals surface area contributed by atoms with Crippen molar-refractivity contribution in [2.75, 3.05) is 0 Å². The quantitative estimate of drug-likeness (QED) is 0.897. The van der Waals surface area contributed by atoms with Gasteiger partial charge in [-0.1, -0.05) is 12.1 Å². The first-order valence-electron chi connectivity index (χ1n) is 6.07. The lowest BCUT2D eigenvalue weighted by molar-refractivity contribution is 0.602. The van der Waals surface area contributed by atoms with E-state index in [0.717, 1.165) is 18.4 Å². The number of rotatable bonds is 4. The fourth-order valence-corrected chi connectivity index (χ4v) is 1.88. The first kappa shape index (κ1) is 12.7. The van der Waals surface area contributed by atoms with Crippen molar-refractivity contribution in [3.8, 4) is 0 Å². The van der Waals surface area contributed by atoms with Crippen LogP contribution in [0.5, 0.6) is 0 Å². The van der Waals surface area contributed by atoms with Gasteiger partial charge in [0.05, 0.1) is 0 Å². The average molecular weight is 244 g/mol. The molecule has 0 radical (unpaired) electrons. The Bertz CT molecular complexity index is 511. The van der Waals surface area contributed by atoms with Gasteiger partial charge in [-0.05, 0) is 54.7 Å². The molecular weight excluding hydrogens is 227 g/mol. The summed E-state index contributed by atoms with van der Waals surface area (Å²) in [5.41, 5.74) is 8.79. The number of benzene rings is 1. The van der Waals surface area contributed by atoms with Gasteiger partial charge in [-0.25, -0.2) is 4.39 Å². The van der Waals surface area contributed by atoms with Crippen LogP contribution in [0.15, 0.2) is 42.7 Å². The molecule has 18 heavy (non-hydrogen) atoms. The maximum absolute atomic E-state index is 13.4. The van der Waals surface area contributed by atoms with Crippen molar-refractivity contribution < 1.29 is 4.39 Å². The Labute approximate surface area is 107 Å². The zero-order chi connectivity index (χ0) is 13.0. The number of nitrogens with two attached hydrogens (primary N) is 1. The third kappa shape index (κ3) is 3.14. The van der Waals surface area contributed by atoms with Crippen LogP contribution in [0.2, 0.25) is 0 Å². The molecule has 0 saturated carbocycles. The lowest BCUT2D eigenvalue weighted by atomic mass is 9.99. The van der Waals surface area contributed by atoms with Crippen LogP contribution in [0.3, 0.4) is 0 Å².